The molecule has 1 aliphatic rings. The van der Waals surface area contributed by atoms with Crippen molar-refractivity contribution >= 4 is 11.9 Å². The van der Waals surface area contributed by atoms with Crippen LogP contribution in [0.5, 0.6) is 0 Å². The van der Waals surface area contributed by atoms with Gasteiger partial charge >= 0.3 is 18.1 Å². The number of carboxylic acids is 2. The third-order valence-electron chi connectivity index (χ3n) is 2.69. The van der Waals surface area contributed by atoms with Crippen LogP contribution in [0.3, 0.4) is 0 Å². The molecule has 1 fully saturated rings. The van der Waals surface area contributed by atoms with Crippen molar-refractivity contribution in [1.82, 2.24) is 0 Å². The highest BCUT2D eigenvalue weighted by Gasteiger charge is 2.36. The molecule has 0 aromatic heterocycles. The summed E-state index contributed by atoms with van der Waals surface area (Å²) in [6, 6.07) is -1.85. The third-order valence-corrected chi connectivity index (χ3v) is 2.69. The summed E-state index contributed by atoms with van der Waals surface area (Å²) >= 11 is 0. The predicted molar refractivity (Wildman–Crippen MR) is 59.3 cm³/mol. The number of hydrogen-bond donors (Lipinski definition) is 4. The van der Waals surface area contributed by atoms with Crippen molar-refractivity contribution in [3.05, 3.63) is 0 Å². The van der Waals surface area contributed by atoms with E-state index in [0.29, 0.717) is 12.8 Å². The van der Waals surface area contributed by atoms with Crippen LogP contribution >= 0.6 is 0 Å². The first-order valence-electron chi connectivity index (χ1n) is 5.55. The molecular weight excluding hydrogens is 269 g/mol. The van der Waals surface area contributed by atoms with Crippen molar-refractivity contribution in [3.63, 3.8) is 0 Å². The molecule has 1 atom stereocenters. The van der Waals surface area contributed by atoms with E-state index in [9.17, 15) is 22.8 Å². The third kappa shape index (κ3) is 6.97. The second-order valence-corrected chi connectivity index (χ2v) is 4.43. The summed E-state index contributed by atoms with van der Waals surface area (Å²) in [7, 11) is 0. The van der Waals surface area contributed by atoms with E-state index in [-0.39, 0.29) is 0 Å². The van der Waals surface area contributed by atoms with Crippen LogP contribution in [0, 0.1) is 0 Å². The van der Waals surface area contributed by atoms with Crippen molar-refractivity contribution in [2.24, 2.45) is 11.5 Å². The van der Waals surface area contributed by atoms with Gasteiger partial charge in [-0.05, 0) is 12.8 Å². The Hall–Kier alpha value is -1.35. The SMILES string of the molecule is NC(CC(F)(F)F)C(=O)O.NC1(C(=O)O)CCCC1. The molecule has 0 aromatic carbocycles. The number of nitrogens with two attached hydrogens (primary N) is 2. The summed E-state index contributed by atoms with van der Waals surface area (Å²) in [5.41, 5.74) is 9.20. The van der Waals surface area contributed by atoms with Gasteiger partial charge in [-0.1, -0.05) is 12.8 Å². The monoisotopic (exact) mass is 286 g/mol. The van der Waals surface area contributed by atoms with E-state index in [1.807, 2.05) is 0 Å². The van der Waals surface area contributed by atoms with E-state index < -0.39 is 36.1 Å². The van der Waals surface area contributed by atoms with E-state index in [0.717, 1.165) is 12.8 Å². The number of aliphatic carboxylic acids is 2. The molecule has 0 radical (unpaired) electrons. The summed E-state index contributed by atoms with van der Waals surface area (Å²) in [5.74, 6) is -2.49. The van der Waals surface area contributed by atoms with Crippen LogP contribution in [-0.2, 0) is 9.59 Å². The lowest BCUT2D eigenvalue weighted by Crippen LogP contribution is -2.44. The van der Waals surface area contributed by atoms with Gasteiger partial charge in [0.2, 0.25) is 0 Å². The van der Waals surface area contributed by atoms with Crippen LogP contribution in [-0.4, -0.2) is 39.9 Å². The molecule has 112 valence electrons. The summed E-state index contributed by atoms with van der Waals surface area (Å²) in [6.45, 7) is 0. The quantitative estimate of drug-likeness (QED) is 0.604. The standard InChI is InChI=1S/C6H11NO2.C4H6F3NO2/c7-6(5(8)9)3-1-2-4-6;5-4(6,7)1-2(8)3(9)10/h1-4,7H2,(H,8,9);2H,1,8H2,(H,9,10). The molecule has 6 nitrogen and oxygen atoms in total. The summed E-state index contributed by atoms with van der Waals surface area (Å²) in [5, 5.41) is 16.5. The summed E-state index contributed by atoms with van der Waals surface area (Å²) in [4.78, 5) is 20.2. The number of halogens is 3. The molecule has 19 heavy (non-hydrogen) atoms. The van der Waals surface area contributed by atoms with Crippen molar-refractivity contribution in [2.75, 3.05) is 0 Å². The molecule has 0 amide bonds. The van der Waals surface area contributed by atoms with Crippen LogP contribution in [0.25, 0.3) is 0 Å². The zero-order chi connectivity index (χ0) is 15.3. The summed E-state index contributed by atoms with van der Waals surface area (Å²) < 4.78 is 34.0. The highest BCUT2D eigenvalue weighted by Crippen LogP contribution is 2.26. The van der Waals surface area contributed by atoms with Crippen LogP contribution in [0.15, 0.2) is 0 Å². The highest BCUT2D eigenvalue weighted by atomic mass is 19.4. The molecule has 1 rings (SSSR count). The van der Waals surface area contributed by atoms with E-state index in [2.05, 4.69) is 5.73 Å². The fourth-order valence-electron chi connectivity index (χ4n) is 1.56. The Morgan fingerprint density at radius 3 is 1.79 bits per heavy atom. The molecule has 0 heterocycles. The van der Waals surface area contributed by atoms with Gasteiger partial charge in [-0.2, -0.15) is 13.2 Å². The van der Waals surface area contributed by atoms with Gasteiger partial charge in [0, 0.05) is 0 Å². The molecule has 6 N–H and O–H groups in total. The van der Waals surface area contributed by atoms with E-state index in [1.165, 1.54) is 0 Å². The molecule has 1 saturated carbocycles. The van der Waals surface area contributed by atoms with Gasteiger partial charge < -0.3 is 21.7 Å². The molecule has 0 saturated heterocycles. The fraction of sp³-hybridized carbons (Fsp3) is 0.800. The molecule has 0 aromatic rings. The maximum atomic E-state index is 11.3. The second-order valence-electron chi connectivity index (χ2n) is 4.43. The molecule has 0 spiro atoms. The number of hydrogen-bond acceptors (Lipinski definition) is 4. The maximum absolute atomic E-state index is 11.3. The maximum Gasteiger partial charge on any atom is 0.391 e. The van der Waals surface area contributed by atoms with Gasteiger partial charge in [0.15, 0.2) is 0 Å². The Balaban J connectivity index is 0.000000342. The Morgan fingerprint density at radius 2 is 1.63 bits per heavy atom. The zero-order valence-electron chi connectivity index (χ0n) is 10.1. The van der Waals surface area contributed by atoms with Crippen molar-refractivity contribution in [3.8, 4) is 0 Å². The molecule has 0 aliphatic heterocycles. The minimum atomic E-state index is -4.50. The van der Waals surface area contributed by atoms with Gasteiger partial charge in [0.1, 0.15) is 11.6 Å². The van der Waals surface area contributed by atoms with E-state index in [4.69, 9.17) is 15.9 Å². The van der Waals surface area contributed by atoms with Crippen molar-refractivity contribution in [1.29, 1.82) is 0 Å². The first-order valence-corrected chi connectivity index (χ1v) is 5.55. The average Bonchev–Trinajstić information content (AvgIpc) is 2.65. The van der Waals surface area contributed by atoms with Crippen LogP contribution in [0.4, 0.5) is 13.2 Å². The minimum absolute atomic E-state index is 0.641. The minimum Gasteiger partial charge on any atom is -0.480 e. The van der Waals surface area contributed by atoms with Gasteiger partial charge in [0.05, 0.1) is 6.42 Å². The average molecular weight is 286 g/mol. The smallest absolute Gasteiger partial charge is 0.391 e. The first kappa shape index (κ1) is 17.6. The lowest BCUT2D eigenvalue weighted by Gasteiger charge is -2.15. The first-order chi connectivity index (χ1) is 8.48. The fourth-order valence-corrected chi connectivity index (χ4v) is 1.56. The normalized spacial score (nSPS) is 19.2. The van der Waals surface area contributed by atoms with Gasteiger partial charge in [-0.15, -0.1) is 0 Å². The number of rotatable bonds is 3. The van der Waals surface area contributed by atoms with E-state index in [1.54, 1.807) is 0 Å². The van der Waals surface area contributed by atoms with Crippen LogP contribution in [0.2, 0.25) is 0 Å². The Morgan fingerprint density at radius 1 is 1.21 bits per heavy atom. The second kappa shape index (κ2) is 6.71. The van der Waals surface area contributed by atoms with E-state index >= 15 is 0 Å². The van der Waals surface area contributed by atoms with Gasteiger partial charge in [0.25, 0.3) is 0 Å². The van der Waals surface area contributed by atoms with Gasteiger partial charge in [-0.25, -0.2) is 0 Å². The summed E-state index contributed by atoms with van der Waals surface area (Å²) in [6.07, 6.45) is -2.78. The van der Waals surface area contributed by atoms with Crippen molar-refractivity contribution in [2.45, 2.75) is 49.9 Å². The molecule has 9 heteroatoms. The molecule has 1 aliphatic carbocycles. The lowest BCUT2D eigenvalue weighted by molar-refractivity contribution is -0.156. The number of carboxylic acid groups (broad SMARTS) is 2. The topological polar surface area (TPSA) is 127 Å². The number of alkyl halides is 3. The lowest BCUT2D eigenvalue weighted by atomic mass is 10.0. The largest absolute Gasteiger partial charge is 0.480 e. The van der Waals surface area contributed by atoms with Crippen molar-refractivity contribution < 1.29 is 33.0 Å². The van der Waals surface area contributed by atoms with Gasteiger partial charge in [-0.3, -0.25) is 9.59 Å². The van der Waals surface area contributed by atoms with Crippen LogP contribution in [0.1, 0.15) is 32.1 Å². The molecule has 0 bridgehead atoms. The molecule has 1 unspecified atom stereocenters. The Labute approximate surface area is 107 Å². The molecular formula is C10H17F3N2O4. The predicted octanol–water partition coefficient (Wildman–Crippen LogP) is 0.693. The Kier molecular flexibility index (Phi) is 6.23. The van der Waals surface area contributed by atoms with Crippen LogP contribution < -0.4 is 11.5 Å². The zero-order valence-corrected chi connectivity index (χ0v) is 10.1. The number of carbonyl (C=O) groups is 2. The Bertz CT molecular complexity index is 327. The highest BCUT2D eigenvalue weighted by molar-refractivity contribution is 5.78.